The number of aromatic nitrogens is 2. The zero-order valence-corrected chi connectivity index (χ0v) is 12.8. The van der Waals surface area contributed by atoms with Gasteiger partial charge in [-0.15, -0.1) is 0 Å². The van der Waals surface area contributed by atoms with E-state index in [1.54, 1.807) is 36.4 Å². The van der Waals surface area contributed by atoms with Crippen LogP contribution in [0.4, 0.5) is 5.69 Å². The van der Waals surface area contributed by atoms with Crippen molar-refractivity contribution in [1.82, 2.24) is 15.0 Å². The molecule has 3 N–H and O–H groups in total. The Labute approximate surface area is 137 Å². The van der Waals surface area contributed by atoms with Crippen molar-refractivity contribution >= 4 is 22.5 Å². The highest BCUT2D eigenvalue weighted by atomic mass is 16.3. The predicted molar refractivity (Wildman–Crippen MR) is 90.6 cm³/mol. The number of hydrogen-bond donors (Lipinski definition) is 3. The number of benzene rings is 2. The van der Waals surface area contributed by atoms with Crippen molar-refractivity contribution in [2.24, 2.45) is 0 Å². The first-order chi connectivity index (χ1) is 11.7. The van der Waals surface area contributed by atoms with Gasteiger partial charge < -0.3 is 5.11 Å². The van der Waals surface area contributed by atoms with Crippen molar-refractivity contribution in [3.63, 3.8) is 0 Å². The van der Waals surface area contributed by atoms with Crippen LogP contribution in [-0.4, -0.2) is 27.2 Å². The van der Waals surface area contributed by atoms with Crippen molar-refractivity contribution in [3.05, 3.63) is 70.8 Å². The molecule has 0 bridgehead atoms. The molecular formula is C17H16N4O3. The minimum absolute atomic E-state index is 0.00917. The van der Waals surface area contributed by atoms with Crippen LogP contribution in [-0.2, 0) is 6.54 Å². The van der Waals surface area contributed by atoms with Crippen LogP contribution in [0, 0.1) is 0 Å². The van der Waals surface area contributed by atoms with E-state index in [1.165, 1.54) is 4.57 Å². The summed E-state index contributed by atoms with van der Waals surface area (Å²) in [4.78, 5) is 29.2. The highest BCUT2D eigenvalue weighted by Crippen LogP contribution is 2.08. The van der Waals surface area contributed by atoms with E-state index in [9.17, 15) is 14.7 Å². The van der Waals surface area contributed by atoms with Crippen molar-refractivity contribution < 1.29 is 9.90 Å². The monoisotopic (exact) mass is 324 g/mol. The summed E-state index contributed by atoms with van der Waals surface area (Å²) in [6.45, 7) is -0.281. The number of anilines is 1. The first kappa shape index (κ1) is 15.7. The number of hydrazine groups is 1. The van der Waals surface area contributed by atoms with Gasteiger partial charge in [-0.3, -0.25) is 25.0 Å². The van der Waals surface area contributed by atoms with Crippen LogP contribution in [0.25, 0.3) is 10.9 Å². The Kier molecular flexibility index (Phi) is 4.53. The van der Waals surface area contributed by atoms with Gasteiger partial charge in [0.05, 0.1) is 29.7 Å². The summed E-state index contributed by atoms with van der Waals surface area (Å²) in [5.74, 6) is -0.619. The van der Waals surface area contributed by atoms with Gasteiger partial charge in [-0.05, 0) is 24.3 Å². The fourth-order valence-electron chi connectivity index (χ4n) is 2.36. The number of carbonyl (C=O) groups is 1. The number of carbonyl (C=O) groups excluding carboxylic acids is 1. The van der Waals surface area contributed by atoms with Crippen molar-refractivity contribution in [1.29, 1.82) is 0 Å². The number of rotatable bonds is 5. The van der Waals surface area contributed by atoms with Gasteiger partial charge in [-0.25, -0.2) is 4.98 Å². The minimum Gasteiger partial charge on any atom is -0.395 e. The van der Waals surface area contributed by atoms with E-state index in [0.29, 0.717) is 16.6 Å². The number of aliphatic hydroxyl groups excluding tert-OH is 1. The Morgan fingerprint density at radius 2 is 1.79 bits per heavy atom. The van der Waals surface area contributed by atoms with E-state index in [-0.39, 0.29) is 24.5 Å². The quantitative estimate of drug-likeness (QED) is 0.612. The smallest absolute Gasteiger partial charge is 0.305 e. The van der Waals surface area contributed by atoms with Crippen molar-refractivity contribution in [2.75, 3.05) is 12.0 Å². The van der Waals surface area contributed by atoms with Gasteiger partial charge in [0, 0.05) is 0 Å². The highest BCUT2D eigenvalue weighted by molar-refractivity contribution is 5.93. The molecule has 7 nitrogen and oxygen atoms in total. The molecule has 0 fully saturated rings. The van der Waals surface area contributed by atoms with Crippen LogP contribution >= 0.6 is 0 Å². The molecule has 0 aliphatic heterocycles. The molecule has 0 aliphatic rings. The summed E-state index contributed by atoms with van der Waals surface area (Å²) in [6.07, 6.45) is 0. The second-order valence-corrected chi connectivity index (χ2v) is 5.08. The molecule has 0 atom stereocenters. The SMILES string of the molecule is O=C(NNc1ccccc1)c1nc2ccccc2c(=O)n1CCO. The van der Waals surface area contributed by atoms with Gasteiger partial charge in [-0.2, -0.15) is 0 Å². The molecule has 0 saturated heterocycles. The first-order valence-corrected chi connectivity index (χ1v) is 7.42. The van der Waals surface area contributed by atoms with Crippen LogP contribution in [0.2, 0.25) is 0 Å². The van der Waals surface area contributed by atoms with E-state index in [2.05, 4.69) is 15.8 Å². The molecule has 24 heavy (non-hydrogen) atoms. The lowest BCUT2D eigenvalue weighted by Crippen LogP contribution is -2.37. The molecule has 1 amide bonds. The fraction of sp³-hybridized carbons (Fsp3) is 0.118. The van der Waals surface area contributed by atoms with Crippen LogP contribution in [0.1, 0.15) is 10.6 Å². The summed E-state index contributed by atoms with van der Waals surface area (Å²) < 4.78 is 1.17. The topological polar surface area (TPSA) is 96.3 Å². The second-order valence-electron chi connectivity index (χ2n) is 5.08. The zero-order valence-electron chi connectivity index (χ0n) is 12.8. The summed E-state index contributed by atoms with van der Waals surface area (Å²) in [6, 6.07) is 15.9. The molecule has 0 saturated carbocycles. The molecule has 1 aromatic heterocycles. The summed E-state index contributed by atoms with van der Waals surface area (Å²) in [7, 11) is 0. The van der Waals surface area contributed by atoms with Gasteiger partial charge in [-0.1, -0.05) is 30.3 Å². The molecule has 7 heteroatoms. The Balaban J connectivity index is 1.96. The van der Waals surface area contributed by atoms with Gasteiger partial charge in [0.2, 0.25) is 5.82 Å². The summed E-state index contributed by atoms with van der Waals surface area (Å²) in [5.41, 5.74) is 6.04. The van der Waals surface area contributed by atoms with Crippen molar-refractivity contribution in [2.45, 2.75) is 6.54 Å². The molecule has 0 unspecified atom stereocenters. The number of nitrogens with one attached hydrogen (secondary N) is 2. The Morgan fingerprint density at radius 3 is 2.54 bits per heavy atom. The number of para-hydroxylation sites is 2. The third-order valence-corrected chi connectivity index (χ3v) is 3.48. The number of amides is 1. The largest absolute Gasteiger partial charge is 0.395 e. The zero-order chi connectivity index (χ0) is 16.9. The maximum absolute atomic E-state index is 12.5. The maximum Gasteiger partial charge on any atom is 0.305 e. The molecule has 3 aromatic rings. The molecule has 1 heterocycles. The predicted octanol–water partition coefficient (Wildman–Crippen LogP) is 1.15. The van der Waals surface area contributed by atoms with Crippen LogP contribution < -0.4 is 16.4 Å². The standard InChI is InChI=1S/C17H16N4O3/c22-11-10-21-15(16(23)20-19-12-6-2-1-3-7-12)18-14-9-5-4-8-13(14)17(21)24/h1-9,19,22H,10-11H2,(H,20,23). The first-order valence-electron chi connectivity index (χ1n) is 7.42. The van der Waals surface area contributed by atoms with E-state index in [0.717, 1.165) is 0 Å². The average molecular weight is 324 g/mol. The Morgan fingerprint density at radius 1 is 1.08 bits per heavy atom. The van der Waals surface area contributed by atoms with Gasteiger partial charge >= 0.3 is 5.91 Å². The summed E-state index contributed by atoms with van der Waals surface area (Å²) in [5, 5.41) is 9.60. The number of aliphatic hydroxyl groups is 1. The maximum atomic E-state index is 12.5. The third kappa shape index (κ3) is 3.11. The molecule has 2 aromatic carbocycles. The van der Waals surface area contributed by atoms with Crippen LogP contribution in [0.3, 0.4) is 0 Å². The lowest BCUT2D eigenvalue weighted by Gasteiger charge is -2.13. The van der Waals surface area contributed by atoms with Crippen LogP contribution in [0.5, 0.6) is 0 Å². The lowest BCUT2D eigenvalue weighted by atomic mass is 10.2. The summed E-state index contributed by atoms with van der Waals surface area (Å²) >= 11 is 0. The highest BCUT2D eigenvalue weighted by Gasteiger charge is 2.17. The average Bonchev–Trinajstić information content (AvgIpc) is 2.63. The molecule has 3 rings (SSSR count). The minimum atomic E-state index is -0.560. The number of fused-ring (bicyclic) bond motifs is 1. The van der Waals surface area contributed by atoms with E-state index in [1.807, 2.05) is 18.2 Å². The van der Waals surface area contributed by atoms with E-state index in [4.69, 9.17) is 0 Å². The molecule has 122 valence electrons. The van der Waals surface area contributed by atoms with Gasteiger partial charge in [0.15, 0.2) is 0 Å². The number of hydrogen-bond acceptors (Lipinski definition) is 5. The molecular weight excluding hydrogens is 308 g/mol. The molecule has 0 radical (unpaired) electrons. The van der Waals surface area contributed by atoms with Gasteiger partial charge in [0.1, 0.15) is 0 Å². The normalized spacial score (nSPS) is 10.5. The van der Waals surface area contributed by atoms with Crippen LogP contribution in [0.15, 0.2) is 59.4 Å². The Hall–Kier alpha value is -3.19. The second kappa shape index (κ2) is 6.93. The Bertz CT molecular complexity index is 922. The molecule has 0 spiro atoms. The van der Waals surface area contributed by atoms with Crippen molar-refractivity contribution in [3.8, 4) is 0 Å². The van der Waals surface area contributed by atoms with E-state index < -0.39 is 5.91 Å². The molecule has 0 aliphatic carbocycles. The number of nitrogens with zero attached hydrogens (tertiary/aromatic N) is 2. The van der Waals surface area contributed by atoms with Gasteiger partial charge in [0.25, 0.3) is 5.56 Å². The van der Waals surface area contributed by atoms with E-state index >= 15 is 0 Å². The third-order valence-electron chi connectivity index (χ3n) is 3.48. The fourth-order valence-corrected chi connectivity index (χ4v) is 2.36. The lowest BCUT2D eigenvalue weighted by molar-refractivity contribution is 0.0945.